The quantitative estimate of drug-likeness (QED) is 0.462. The SMILES string of the molecule is CSc1c2scc(C3=C(C(=O)O)N4C(=O)[C@H]([C@@H](C)O)[C@H]4[C@H]3C)n2c[n+]1C. The van der Waals surface area contributed by atoms with E-state index in [9.17, 15) is 19.8 Å². The maximum absolute atomic E-state index is 12.5. The molecule has 2 aromatic rings. The van der Waals surface area contributed by atoms with E-state index in [-0.39, 0.29) is 23.6 Å². The number of rotatable bonds is 4. The van der Waals surface area contributed by atoms with Gasteiger partial charge in [-0.25, -0.2) is 9.36 Å². The molecule has 1 amide bonds. The van der Waals surface area contributed by atoms with Crippen LogP contribution in [0.4, 0.5) is 0 Å². The molecule has 0 aliphatic carbocycles. The van der Waals surface area contributed by atoms with Crippen LogP contribution in [0.25, 0.3) is 10.4 Å². The number of carboxylic acids is 1. The topological polar surface area (TPSA) is 86.1 Å². The molecular weight excluding hydrogens is 374 g/mol. The fraction of sp³-hybridized carbons (Fsp3) is 0.471. The third-order valence-corrected chi connectivity index (χ3v) is 7.35. The van der Waals surface area contributed by atoms with Crippen molar-refractivity contribution in [3.63, 3.8) is 0 Å². The van der Waals surface area contributed by atoms with Gasteiger partial charge in [-0.15, -0.1) is 0 Å². The standard InChI is InChI=1S/C17H19N3O4S2/c1-7-10(9-5-26-16-15(25-4)18(3)6-19(9)16)13(17(23)24)20-12(7)11(8(2)21)14(20)22/h5-8,11-12,21H,1-4H3/p+1/t7-,8+,11+,12+/m0/s1. The Morgan fingerprint density at radius 2 is 2.15 bits per heavy atom. The van der Waals surface area contributed by atoms with Crippen LogP contribution in [0.3, 0.4) is 0 Å². The highest BCUT2D eigenvalue weighted by atomic mass is 32.2. The molecule has 0 saturated carbocycles. The number of aliphatic hydroxyl groups excluding tert-OH is 1. The van der Waals surface area contributed by atoms with Gasteiger partial charge in [-0.1, -0.05) is 30.0 Å². The number of thiazole rings is 1. The fourth-order valence-corrected chi connectivity index (χ4v) is 6.28. The monoisotopic (exact) mass is 394 g/mol. The van der Waals surface area contributed by atoms with Gasteiger partial charge in [-0.2, -0.15) is 4.40 Å². The molecule has 4 atom stereocenters. The number of carbonyl (C=O) groups is 2. The number of carbonyl (C=O) groups excluding carboxylic acids is 1. The van der Waals surface area contributed by atoms with Gasteiger partial charge in [0.25, 0.3) is 6.33 Å². The molecule has 1 saturated heterocycles. The zero-order chi connectivity index (χ0) is 18.9. The Labute approximate surface area is 158 Å². The summed E-state index contributed by atoms with van der Waals surface area (Å²) in [5.41, 5.74) is 1.51. The minimum Gasteiger partial charge on any atom is -0.477 e. The first kappa shape index (κ1) is 17.6. The van der Waals surface area contributed by atoms with Crippen molar-refractivity contribution in [1.29, 1.82) is 0 Å². The van der Waals surface area contributed by atoms with Crippen LogP contribution >= 0.6 is 23.1 Å². The number of aliphatic hydroxyl groups is 1. The van der Waals surface area contributed by atoms with Gasteiger partial charge in [-0.3, -0.25) is 4.79 Å². The smallest absolute Gasteiger partial charge is 0.353 e. The van der Waals surface area contributed by atoms with E-state index in [4.69, 9.17) is 0 Å². The molecule has 2 N–H and O–H groups in total. The molecule has 4 heterocycles. The Kier molecular flexibility index (Phi) is 3.94. The lowest BCUT2D eigenvalue weighted by Gasteiger charge is -2.46. The summed E-state index contributed by atoms with van der Waals surface area (Å²) >= 11 is 3.20. The molecule has 1 fully saturated rings. The summed E-state index contributed by atoms with van der Waals surface area (Å²) in [5, 5.41) is 22.8. The highest BCUT2D eigenvalue weighted by Crippen LogP contribution is 2.51. The molecule has 7 nitrogen and oxygen atoms in total. The van der Waals surface area contributed by atoms with Gasteiger partial charge in [-0.05, 0) is 13.2 Å². The third kappa shape index (κ3) is 2.07. The number of imidazole rings is 1. The molecule has 2 aromatic heterocycles. The van der Waals surface area contributed by atoms with Gasteiger partial charge in [0.05, 0.1) is 25.1 Å². The summed E-state index contributed by atoms with van der Waals surface area (Å²) in [4.78, 5) is 26.9. The highest BCUT2D eigenvalue weighted by Gasteiger charge is 2.60. The van der Waals surface area contributed by atoms with Crippen molar-refractivity contribution in [2.45, 2.75) is 31.0 Å². The van der Waals surface area contributed by atoms with Gasteiger partial charge in [0.15, 0.2) is 0 Å². The average molecular weight is 394 g/mol. The third-order valence-electron chi connectivity index (χ3n) is 5.40. The van der Waals surface area contributed by atoms with Crippen LogP contribution < -0.4 is 4.57 Å². The maximum atomic E-state index is 12.5. The predicted molar refractivity (Wildman–Crippen MR) is 97.8 cm³/mol. The van der Waals surface area contributed by atoms with E-state index in [1.807, 2.05) is 40.9 Å². The molecule has 2 aliphatic heterocycles. The second-order valence-corrected chi connectivity index (χ2v) is 8.51. The second kappa shape index (κ2) is 5.83. The number of aromatic nitrogens is 2. The summed E-state index contributed by atoms with van der Waals surface area (Å²) in [7, 11) is 1.96. The van der Waals surface area contributed by atoms with Crippen molar-refractivity contribution in [1.82, 2.24) is 9.30 Å². The normalized spacial score (nSPS) is 26.4. The minimum atomic E-state index is -1.10. The molecule has 4 rings (SSSR count). The van der Waals surface area contributed by atoms with Crippen LogP contribution in [-0.2, 0) is 16.6 Å². The molecule has 9 heteroatoms. The van der Waals surface area contributed by atoms with Crippen molar-refractivity contribution in [2.75, 3.05) is 6.26 Å². The second-order valence-electron chi connectivity index (χ2n) is 6.85. The van der Waals surface area contributed by atoms with Crippen LogP contribution in [-0.4, -0.2) is 49.8 Å². The first-order valence-electron chi connectivity index (χ1n) is 8.30. The largest absolute Gasteiger partial charge is 0.477 e. The zero-order valence-electron chi connectivity index (χ0n) is 14.8. The number of aryl methyl sites for hydroxylation is 1. The fourth-order valence-electron chi connectivity index (χ4n) is 4.31. The number of aliphatic carboxylic acids is 1. The Balaban J connectivity index is 1.91. The molecule has 0 bridgehead atoms. The van der Waals surface area contributed by atoms with Crippen LogP contribution in [0, 0.1) is 11.8 Å². The number of hydrogen-bond acceptors (Lipinski definition) is 5. The first-order valence-corrected chi connectivity index (χ1v) is 10.4. The van der Waals surface area contributed by atoms with E-state index in [2.05, 4.69) is 0 Å². The Bertz CT molecular complexity index is 974. The number of β-lactam (4-membered cyclic amide) rings is 1. The van der Waals surface area contributed by atoms with E-state index < -0.39 is 18.0 Å². The van der Waals surface area contributed by atoms with E-state index in [0.717, 1.165) is 15.6 Å². The zero-order valence-corrected chi connectivity index (χ0v) is 16.5. The number of nitrogens with zero attached hydrogens (tertiary/aromatic N) is 3. The lowest BCUT2D eigenvalue weighted by molar-refractivity contribution is -0.705. The summed E-state index contributed by atoms with van der Waals surface area (Å²) in [6.07, 6.45) is 3.15. The van der Waals surface area contributed by atoms with Crippen LogP contribution in [0.15, 0.2) is 22.4 Å². The van der Waals surface area contributed by atoms with Crippen molar-refractivity contribution >= 4 is 45.4 Å². The highest BCUT2D eigenvalue weighted by molar-refractivity contribution is 7.98. The maximum Gasteiger partial charge on any atom is 0.353 e. The van der Waals surface area contributed by atoms with Crippen LogP contribution in [0.2, 0.25) is 0 Å². The molecule has 138 valence electrons. The van der Waals surface area contributed by atoms with Gasteiger partial charge in [0.1, 0.15) is 11.4 Å². The number of carboxylic acid groups (broad SMARTS) is 1. The first-order chi connectivity index (χ1) is 12.3. The predicted octanol–water partition coefficient (Wildman–Crippen LogP) is 1.20. The summed E-state index contributed by atoms with van der Waals surface area (Å²) in [6, 6.07) is -0.303. The van der Waals surface area contributed by atoms with Crippen LogP contribution in [0.5, 0.6) is 0 Å². The lowest BCUT2D eigenvalue weighted by atomic mass is 9.77. The number of hydrogen-bond donors (Lipinski definition) is 2. The Morgan fingerprint density at radius 1 is 1.46 bits per heavy atom. The van der Waals surface area contributed by atoms with Gasteiger partial charge < -0.3 is 15.1 Å². The Hall–Kier alpha value is -1.84. The van der Waals surface area contributed by atoms with Gasteiger partial charge in [0, 0.05) is 16.9 Å². The van der Waals surface area contributed by atoms with Gasteiger partial charge in [0.2, 0.25) is 15.8 Å². The summed E-state index contributed by atoms with van der Waals surface area (Å²) in [6.45, 7) is 3.53. The Morgan fingerprint density at radius 3 is 2.73 bits per heavy atom. The van der Waals surface area contributed by atoms with E-state index >= 15 is 0 Å². The molecule has 0 aromatic carbocycles. The van der Waals surface area contributed by atoms with Crippen molar-refractivity contribution in [3.8, 4) is 0 Å². The molecule has 2 aliphatic rings. The van der Waals surface area contributed by atoms with Crippen molar-refractivity contribution < 1.29 is 24.4 Å². The van der Waals surface area contributed by atoms with Crippen molar-refractivity contribution in [2.24, 2.45) is 18.9 Å². The molecule has 0 radical (unpaired) electrons. The number of amides is 1. The van der Waals surface area contributed by atoms with E-state index in [1.54, 1.807) is 30.0 Å². The molecule has 0 spiro atoms. The molecule has 26 heavy (non-hydrogen) atoms. The lowest BCUT2D eigenvalue weighted by Crippen LogP contribution is -2.63. The number of thioether (sulfide) groups is 1. The minimum absolute atomic E-state index is 0.0474. The summed E-state index contributed by atoms with van der Waals surface area (Å²) < 4.78 is 4.01. The van der Waals surface area contributed by atoms with Crippen LogP contribution in [0.1, 0.15) is 19.5 Å². The molecule has 0 unspecified atom stereocenters. The van der Waals surface area contributed by atoms with E-state index in [0.29, 0.717) is 5.57 Å². The summed E-state index contributed by atoms with van der Waals surface area (Å²) in [5.74, 6) is -2.12. The average Bonchev–Trinajstić information content (AvgIpc) is 3.15. The van der Waals surface area contributed by atoms with E-state index in [1.165, 1.54) is 4.90 Å². The van der Waals surface area contributed by atoms with Gasteiger partial charge >= 0.3 is 5.97 Å². The number of fused-ring (bicyclic) bond motifs is 2. The molecular formula is C17H20N3O4S2+. The van der Waals surface area contributed by atoms with Crippen molar-refractivity contribution in [3.05, 3.63) is 23.1 Å².